The van der Waals surface area contributed by atoms with Crippen LogP contribution in [-0.2, 0) is 5.41 Å². The van der Waals surface area contributed by atoms with Crippen molar-refractivity contribution in [2.75, 3.05) is 0 Å². The molecule has 0 fully saturated rings. The second kappa shape index (κ2) is 6.75. The molecule has 0 amide bonds. The smallest absolute Gasteiger partial charge is 0.184 e. The van der Waals surface area contributed by atoms with Crippen LogP contribution in [0.2, 0.25) is 0 Å². The summed E-state index contributed by atoms with van der Waals surface area (Å²) in [6.45, 7) is 6.28. The maximum atomic E-state index is 12.9. The molecular weight excluding hydrogens is 359 g/mol. The molecule has 0 saturated heterocycles. The number of alkyl halides is 1. The van der Waals surface area contributed by atoms with Gasteiger partial charge in [-0.1, -0.05) is 61.0 Å². The number of halogens is 2. The summed E-state index contributed by atoms with van der Waals surface area (Å²) in [5.74, 6) is -1.11. The van der Waals surface area contributed by atoms with E-state index in [0.717, 1.165) is 5.56 Å². The highest BCUT2D eigenvalue weighted by Gasteiger charge is 2.26. The minimum Gasteiger partial charge on any atom is -0.292 e. The summed E-state index contributed by atoms with van der Waals surface area (Å²) >= 11 is 3.17. The number of hydrogen-bond donors (Lipinski definition) is 0. The lowest BCUT2D eigenvalue weighted by Gasteiger charge is -2.19. The molecule has 0 spiro atoms. The first-order valence-corrected chi connectivity index (χ1v) is 8.20. The molecule has 0 aliphatic rings. The first kappa shape index (κ1) is 17.5. The Morgan fingerprint density at radius 2 is 1.26 bits per heavy atom. The molecule has 0 saturated carbocycles. The van der Waals surface area contributed by atoms with Gasteiger partial charge in [0.2, 0.25) is 0 Å². The molecule has 1 unspecified atom stereocenters. The zero-order valence-electron chi connectivity index (χ0n) is 13.3. The number of carbonyl (C=O) groups is 2. The molecule has 0 heterocycles. The molecule has 0 radical (unpaired) electrons. The summed E-state index contributed by atoms with van der Waals surface area (Å²) in [4.78, 5) is 23.8. The number of benzene rings is 2. The lowest BCUT2D eigenvalue weighted by atomic mass is 9.86. The van der Waals surface area contributed by atoms with Crippen molar-refractivity contribution < 1.29 is 14.0 Å². The molecule has 0 N–H and O–H groups in total. The largest absolute Gasteiger partial charge is 0.292 e. The summed E-state index contributed by atoms with van der Waals surface area (Å²) in [6, 6.07) is 12.4. The minimum absolute atomic E-state index is 0.000682. The zero-order chi connectivity index (χ0) is 17.2. The van der Waals surface area contributed by atoms with Crippen molar-refractivity contribution in [3.8, 4) is 0 Å². The summed E-state index contributed by atoms with van der Waals surface area (Å²) in [5.41, 5.74) is 1.88. The maximum absolute atomic E-state index is 12.9. The van der Waals surface area contributed by atoms with Gasteiger partial charge in [-0.2, -0.15) is 0 Å². The molecule has 1 atom stereocenters. The Kier molecular flexibility index (Phi) is 5.15. The van der Waals surface area contributed by atoms with E-state index in [1.165, 1.54) is 24.3 Å². The van der Waals surface area contributed by atoms with E-state index in [0.29, 0.717) is 11.1 Å². The number of carbonyl (C=O) groups excluding carboxylic acids is 2. The number of rotatable bonds is 4. The Balaban J connectivity index is 2.19. The molecule has 2 rings (SSSR count). The number of hydrogen-bond acceptors (Lipinski definition) is 2. The third-order valence-electron chi connectivity index (χ3n) is 3.62. The van der Waals surface area contributed by atoms with Crippen molar-refractivity contribution in [2.24, 2.45) is 0 Å². The normalized spacial score (nSPS) is 12.7. The number of Topliss-reactive ketones (excluding diaryl/α,β-unsaturated/α-hetero) is 2. The van der Waals surface area contributed by atoms with Crippen LogP contribution in [0.5, 0.6) is 0 Å². The molecule has 23 heavy (non-hydrogen) atoms. The summed E-state index contributed by atoms with van der Waals surface area (Å²) in [6.07, 6.45) is 0. The van der Waals surface area contributed by atoms with Gasteiger partial charge >= 0.3 is 0 Å². The Labute approximate surface area is 143 Å². The minimum atomic E-state index is -0.978. The summed E-state index contributed by atoms with van der Waals surface area (Å²) in [7, 11) is 0. The number of ketones is 2. The quantitative estimate of drug-likeness (QED) is 0.429. The highest BCUT2D eigenvalue weighted by Crippen LogP contribution is 2.23. The Hall–Kier alpha value is -1.81. The predicted molar refractivity (Wildman–Crippen MR) is 92.9 cm³/mol. The van der Waals surface area contributed by atoms with Crippen molar-refractivity contribution >= 4 is 27.5 Å². The molecular formula is C19H18BrFO2. The van der Waals surface area contributed by atoms with Crippen LogP contribution in [0.4, 0.5) is 4.39 Å². The van der Waals surface area contributed by atoms with Gasteiger partial charge in [0.05, 0.1) is 0 Å². The van der Waals surface area contributed by atoms with Gasteiger partial charge in [-0.3, -0.25) is 9.59 Å². The molecule has 0 bridgehead atoms. The van der Waals surface area contributed by atoms with Gasteiger partial charge in [0.1, 0.15) is 10.6 Å². The zero-order valence-corrected chi connectivity index (χ0v) is 14.9. The van der Waals surface area contributed by atoms with Gasteiger partial charge in [-0.25, -0.2) is 4.39 Å². The van der Waals surface area contributed by atoms with E-state index in [1.54, 1.807) is 12.1 Å². The molecule has 2 aromatic carbocycles. The van der Waals surface area contributed by atoms with Crippen LogP contribution >= 0.6 is 15.9 Å². The monoisotopic (exact) mass is 376 g/mol. The second-order valence-electron chi connectivity index (χ2n) is 6.43. The van der Waals surface area contributed by atoms with E-state index < -0.39 is 10.6 Å². The molecule has 0 aliphatic carbocycles. The van der Waals surface area contributed by atoms with E-state index in [1.807, 2.05) is 12.1 Å². The SMILES string of the molecule is CC(C)(C)c1ccc(C(=O)C(Br)C(=O)c2ccc(F)cc2)cc1. The summed E-state index contributed by atoms with van der Waals surface area (Å²) < 4.78 is 12.9. The van der Waals surface area contributed by atoms with Gasteiger partial charge < -0.3 is 0 Å². The van der Waals surface area contributed by atoms with Gasteiger partial charge in [0, 0.05) is 11.1 Å². The van der Waals surface area contributed by atoms with Crippen molar-refractivity contribution in [1.82, 2.24) is 0 Å². The standard InChI is InChI=1S/C19H18BrFO2/c1-19(2,3)14-8-4-12(5-9-14)17(22)16(20)18(23)13-6-10-15(21)11-7-13/h4-11,16H,1-3H3. The van der Waals surface area contributed by atoms with Crippen molar-refractivity contribution in [2.45, 2.75) is 31.0 Å². The average Bonchev–Trinajstić information content (AvgIpc) is 2.53. The van der Waals surface area contributed by atoms with Gasteiger partial charge in [0.25, 0.3) is 0 Å². The molecule has 0 aromatic heterocycles. The first-order chi connectivity index (χ1) is 10.7. The second-order valence-corrected chi connectivity index (χ2v) is 7.34. The molecule has 2 nitrogen and oxygen atoms in total. The van der Waals surface area contributed by atoms with Gasteiger partial charge in [-0.05, 0) is 35.2 Å². The van der Waals surface area contributed by atoms with Gasteiger partial charge in [-0.15, -0.1) is 0 Å². The van der Waals surface area contributed by atoms with Crippen LogP contribution in [-0.4, -0.2) is 16.4 Å². The third kappa shape index (κ3) is 4.14. The Morgan fingerprint density at radius 3 is 1.65 bits per heavy atom. The van der Waals surface area contributed by atoms with Crippen molar-refractivity contribution in [3.05, 3.63) is 71.0 Å². The topological polar surface area (TPSA) is 34.1 Å². The van der Waals surface area contributed by atoms with Crippen LogP contribution in [0.15, 0.2) is 48.5 Å². The van der Waals surface area contributed by atoms with Crippen molar-refractivity contribution in [3.63, 3.8) is 0 Å². The fourth-order valence-corrected chi connectivity index (χ4v) is 2.69. The average molecular weight is 377 g/mol. The summed E-state index contributed by atoms with van der Waals surface area (Å²) in [5, 5.41) is 0. The molecule has 0 aliphatic heterocycles. The fraction of sp³-hybridized carbons (Fsp3) is 0.263. The van der Waals surface area contributed by atoms with E-state index in [9.17, 15) is 14.0 Å². The maximum Gasteiger partial charge on any atom is 0.184 e. The van der Waals surface area contributed by atoms with Gasteiger partial charge in [0.15, 0.2) is 11.6 Å². The molecule has 4 heteroatoms. The highest BCUT2D eigenvalue weighted by molar-refractivity contribution is 9.10. The lowest BCUT2D eigenvalue weighted by Crippen LogP contribution is -2.24. The van der Waals surface area contributed by atoms with Crippen LogP contribution in [0, 0.1) is 5.82 Å². The van der Waals surface area contributed by atoms with Crippen LogP contribution in [0.1, 0.15) is 47.1 Å². The Morgan fingerprint density at radius 1 is 0.870 bits per heavy atom. The van der Waals surface area contributed by atoms with E-state index in [2.05, 4.69) is 36.7 Å². The van der Waals surface area contributed by atoms with Crippen LogP contribution < -0.4 is 0 Å². The highest BCUT2D eigenvalue weighted by atomic mass is 79.9. The lowest BCUT2D eigenvalue weighted by molar-refractivity contribution is 0.0906. The van der Waals surface area contributed by atoms with Crippen LogP contribution in [0.25, 0.3) is 0 Å². The first-order valence-electron chi connectivity index (χ1n) is 7.29. The van der Waals surface area contributed by atoms with E-state index >= 15 is 0 Å². The molecule has 120 valence electrons. The van der Waals surface area contributed by atoms with E-state index in [-0.39, 0.29) is 17.0 Å². The third-order valence-corrected chi connectivity index (χ3v) is 4.46. The van der Waals surface area contributed by atoms with E-state index in [4.69, 9.17) is 0 Å². The van der Waals surface area contributed by atoms with Crippen LogP contribution in [0.3, 0.4) is 0 Å². The van der Waals surface area contributed by atoms with Crippen molar-refractivity contribution in [1.29, 1.82) is 0 Å². The molecule has 2 aromatic rings. The fourth-order valence-electron chi connectivity index (χ4n) is 2.16. The predicted octanol–water partition coefficient (Wildman–Crippen LogP) is 4.95. The Bertz CT molecular complexity index is 713.